The summed E-state index contributed by atoms with van der Waals surface area (Å²) in [5.74, 6) is -0.557. The first-order chi connectivity index (χ1) is 13.9. The molecule has 3 aromatic rings. The normalized spacial score (nSPS) is 10.4. The van der Waals surface area contributed by atoms with E-state index in [2.05, 4.69) is 27.2 Å². The van der Waals surface area contributed by atoms with E-state index in [1.54, 1.807) is 24.3 Å². The molecule has 0 aliphatic rings. The number of aromatic nitrogens is 1. The van der Waals surface area contributed by atoms with Gasteiger partial charge >= 0.3 is 5.97 Å². The molecule has 3 rings (SSSR count). The van der Waals surface area contributed by atoms with Crippen LogP contribution in [0.4, 0.5) is 5.69 Å². The Morgan fingerprint density at radius 2 is 1.90 bits per heavy atom. The average Bonchev–Trinajstić information content (AvgIpc) is 2.71. The molecule has 146 valence electrons. The molecule has 2 aromatic carbocycles. The number of fused-ring (bicyclic) bond motifs is 1. The van der Waals surface area contributed by atoms with Crippen LogP contribution in [-0.2, 0) is 9.53 Å². The largest absolute Gasteiger partial charge is 0.465 e. The zero-order valence-electron chi connectivity index (χ0n) is 16.3. The number of nitriles is 1. The summed E-state index contributed by atoms with van der Waals surface area (Å²) in [7, 11) is 1.31. The van der Waals surface area contributed by atoms with Crippen molar-refractivity contribution in [1.29, 1.82) is 5.26 Å². The van der Waals surface area contributed by atoms with Crippen LogP contribution in [0, 0.1) is 25.2 Å². The Labute approximate surface area is 172 Å². The van der Waals surface area contributed by atoms with Crippen LogP contribution in [0.3, 0.4) is 0 Å². The van der Waals surface area contributed by atoms with E-state index in [0.29, 0.717) is 21.8 Å². The number of benzene rings is 2. The molecule has 0 saturated carbocycles. The van der Waals surface area contributed by atoms with Crippen molar-refractivity contribution in [3.63, 3.8) is 0 Å². The number of nitrogens with zero attached hydrogens (tertiary/aromatic N) is 2. The van der Waals surface area contributed by atoms with Gasteiger partial charge in [-0.2, -0.15) is 5.26 Å². The van der Waals surface area contributed by atoms with Crippen molar-refractivity contribution in [2.45, 2.75) is 18.9 Å². The molecular weight excluding hydrogens is 386 g/mol. The molecule has 0 spiro atoms. The fourth-order valence-electron chi connectivity index (χ4n) is 2.94. The molecule has 1 heterocycles. The van der Waals surface area contributed by atoms with Gasteiger partial charge in [-0.15, -0.1) is 0 Å². The third-order valence-corrected chi connectivity index (χ3v) is 5.29. The van der Waals surface area contributed by atoms with E-state index >= 15 is 0 Å². The molecule has 0 saturated heterocycles. The van der Waals surface area contributed by atoms with Crippen molar-refractivity contribution in [3.05, 3.63) is 64.7 Å². The standard InChI is InChI=1S/C22H19N3O3S/c1-13-8-14(2)18-10-16(11-23)21(25-19(18)9-13)29-12-20(26)24-17-6-4-15(5-7-17)22(27)28-3/h4-10H,12H2,1-3H3,(H,24,26). The molecule has 0 bridgehead atoms. The van der Waals surface area contributed by atoms with E-state index in [9.17, 15) is 14.9 Å². The second-order valence-electron chi connectivity index (χ2n) is 6.51. The van der Waals surface area contributed by atoms with E-state index in [-0.39, 0.29) is 11.7 Å². The van der Waals surface area contributed by atoms with Gasteiger partial charge in [-0.3, -0.25) is 4.79 Å². The molecule has 1 amide bonds. The van der Waals surface area contributed by atoms with E-state index < -0.39 is 5.97 Å². The lowest BCUT2D eigenvalue weighted by atomic mass is 10.1. The maximum atomic E-state index is 12.3. The van der Waals surface area contributed by atoms with E-state index in [1.807, 2.05) is 26.0 Å². The monoisotopic (exact) mass is 405 g/mol. The maximum absolute atomic E-state index is 12.3. The summed E-state index contributed by atoms with van der Waals surface area (Å²) in [6.07, 6.45) is 0. The predicted octanol–water partition coefficient (Wildman–Crippen LogP) is 4.24. The molecule has 7 heteroatoms. The van der Waals surface area contributed by atoms with Gasteiger partial charge in [0.05, 0.1) is 29.5 Å². The van der Waals surface area contributed by atoms with Crippen molar-refractivity contribution in [2.75, 3.05) is 18.2 Å². The highest BCUT2D eigenvalue weighted by Gasteiger charge is 2.12. The Morgan fingerprint density at radius 1 is 1.17 bits per heavy atom. The van der Waals surface area contributed by atoms with Gasteiger partial charge in [-0.05, 0) is 61.4 Å². The summed E-state index contributed by atoms with van der Waals surface area (Å²) in [6, 6.07) is 14.4. The number of nitrogens with one attached hydrogen (secondary N) is 1. The van der Waals surface area contributed by atoms with Crippen molar-refractivity contribution in [1.82, 2.24) is 4.98 Å². The first-order valence-electron chi connectivity index (χ1n) is 8.84. The highest BCUT2D eigenvalue weighted by atomic mass is 32.2. The van der Waals surface area contributed by atoms with Crippen LogP contribution in [-0.4, -0.2) is 29.7 Å². The summed E-state index contributed by atoms with van der Waals surface area (Å²) in [5, 5.41) is 13.7. The van der Waals surface area contributed by atoms with Crippen molar-refractivity contribution < 1.29 is 14.3 Å². The Morgan fingerprint density at radius 3 is 2.55 bits per heavy atom. The zero-order valence-corrected chi connectivity index (χ0v) is 17.1. The molecule has 0 fully saturated rings. The Hall–Kier alpha value is -3.37. The number of thioether (sulfide) groups is 1. The summed E-state index contributed by atoms with van der Waals surface area (Å²) in [5.41, 5.74) is 4.39. The lowest BCUT2D eigenvalue weighted by Gasteiger charge is -2.09. The molecule has 29 heavy (non-hydrogen) atoms. The molecule has 0 unspecified atom stereocenters. The van der Waals surface area contributed by atoms with Crippen molar-refractivity contribution in [3.8, 4) is 6.07 Å². The molecule has 0 atom stereocenters. The molecule has 0 radical (unpaired) electrons. The Bertz CT molecular complexity index is 1130. The van der Waals surface area contributed by atoms with Crippen LogP contribution in [0.1, 0.15) is 27.0 Å². The van der Waals surface area contributed by atoms with Gasteiger partial charge in [0.2, 0.25) is 5.91 Å². The van der Waals surface area contributed by atoms with Crippen LogP contribution in [0.25, 0.3) is 10.9 Å². The van der Waals surface area contributed by atoms with Crippen LogP contribution < -0.4 is 5.32 Å². The summed E-state index contributed by atoms with van der Waals surface area (Å²) in [6.45, 7) is 3.99. The van der Waals surface area contributed by atoms with Gasteiger partial charge in [0.25, 0.3) is 0 Å². The number of carbonyl (C=O) groups excluding carboxylic acids is 2. The molecule has 0 aliphatic carbocycles. The number of carbonyl (C=O) groups is 2. The third-order valence-electron chi connectivity index (χ3n) is 4.30. The number of esters is 1. The SMILES string of the molecule is COC(=O)c1ccc(NC(=O)CSc2nc3cc(C)cc(C)c3cc2C#N)cc1. The number of aryl methyl sites for hydroxylation is 2. The molecule has 1 aromatic heterocycles. The summed E-state index contributed by atoms with van der Waals surface area (Å²) >= 11 is 1.22. The minimum atomic E-state index is -0.435. The van der Waals surface area contributed by atoms with E-state index in [0.717, 1.165) is 22.0 Å². The lowest BCUT2D eigenvalue weighted by Crippen LogP contribution is -2.14. The van der Waals surface area contributed by atoms with Crippen molar-refractivity contribution in [2.24, 2.45) is 0 Å². The first-order valence-corrected chi connectivity index (χ1v) is 9.83. The number of amides is 1. The second kappa shape index (κ2) is 8.76. The van der Waals surface area contributed by atoms with E-state index in [4.69, 9.17) is 0 Å². The lowest BCUT2D eigenvalue weighted by molar-refractivity contribution is -0.113. The number of anilines is 1. The summed E-state index contributed by atoms with van der Waals surface area (Å²) < 4.78 is 4.65. The minimum absolute atomic E-state index is 0.108. The number of hydrogen-bond acceptors (Lipinski definition) is 6. The van der Waals surface area contributed by atoms with Crippen LogP contribution >= 0.6 is 11.8 Å². The number of pyridine rings is 1. The number of ether oxygens (including phenoxy) is 1. The number of rotatable bonds is 5. The Balaban J connectivity index is 1.72. The zero-order chi connectivity index (χ0) is 21.0. The van der Waals surface area contributed by atoms with Crippen LogP contribution in [0.15, 0.2) is 47.5 Å². The smallest absolute Gasteiger partial charge is 0.337 e. The van der Waals surface area contributed by atoms with Gasteiger partial charge in [-0.1, -0.05) is 17.8 Å². The molecular formula is C22H19N3O3S. The van der Waals surface area contributed by atoms with Gasteiger partial charge < -0.3 is 10.1 Å². The van der Waals surface area contributed by atoms with E-state index in [1.165, 1.54) is 18.9 Å². The first kappa shape index (κ1) is 20.4. The second-order valence-corrected chi connectivity index (χ2v) is 7.47. The quantitative estimate of drug-likeness (QED) is 0.504. The fourth-order valence-corrected chi connectivity index (χ4v) is 3.70. The van der Waals surface area contributed by atoms with Gasteiger partial charge in [0.1, 0.15) is 11.1 Å². The Kier molecular flexibility index (Phi) is 6.15. The molecule has 0 aliphatic heterocycles. The highest BCUT2D eigenvalue weighted by Crippen LogP contribution is 2.27. The number of methoxy groups -OCH3 is 1. The van der Waals surface area contributed by atoms with Gasteiger partial charge in [0.15, 0.2) is 0 Å². The van der Waals surface area contributed by atoms with Gasteiger partial charge in [-0.25, -0.2) is 9.78 Å². The van der Waals surface area contributed by atoms with Crippen molar-refractivity contribution >= 4 is 40.2 Å². The highest BCUT2D eigenvalue weighted by molar-refractivity contribution is 8.00. The third kappa shape index (κ3) is 4.73. The average molecular weight is 405 g/mol. The predicted molar refractivity (Wildman–Crippen MR) is 113 cm³/mol. The summed E-state index contributed by atoms with van der Waals surface area (Å²) in [4.78, 5) is 28.3. The van der Waals surface area contributed by atoms with Gasteiger partial charge in [0, 0.05) is 11.1 Å². The number of hydrogen-bond donors (Lipinski definition) is 1. The topological polar surface area (TPSA) is 92.1 Å². The van der Waals surface area contributed by atoms with Crippen LogP contribution in [0.5, 0.6) is 0 Å². The molecule has 6 nitrogen and oxygen atoms in total. The molecule has 1 N–H and O–H groups in total. The maximum Gasteiger partial charge on any atom is 0.337 e. The fraction of sp³-hybridized carbons (Fsp3) is 0.182. The van der Waals surface area contributed by atoms with Crippen LogP contribution in [0.2, 0.25) is 0 Å². The minimum Gasteiger partial charge on any atom is -0.465 e.